The zero-order chi connectivity index (χ0) is 11.6. The van der Waals surface area contributed by atoms with Crippen molar-refractivity contribution in [3.8, 4) is 6.07 Å². The zero-order valence-electron chi connectivity index (χ0n) is 10.0. The standard InChI is InChI=1S/C11H22N2OS/c1-11(10-12,13-2)6-4-8-15-9-5-7-14-3/h13H,4-9H2,1-3H3. The van der Waals surface area contributed by atoms with Crippen molar-refractivity contribution in [1.82, 2.24) is 5.32 Å². The highest BCUT2D eigenvalue weighted by Gasteiger charge is 2.19. The van der Waals surface area contributed by atoms with E-state index < -0.39 is 0 Å². The first-order chi connectivity index (χ1) is 7.18. The van der Waals surface area contributed by atoms with Gasteiger partial charge in [0.15, 0.2) is 0 Å². The molecule has 0 aromatic carbocycles. The number of ether oxygens (including phenoxy) is 1. The van der Waals surface area contributed by atoms with Gasteiger partial charge in [-0.05, 0) is 44.7 Å². The van der Waals surface area contributed by atoms with Gasteiger partial charge >= 0.3 is 0 Å². The fourth-order valence-corrected chi connectivity index (χ4v) is 2.05. The highest BCUT2D eigenvalue weighted by molar-refractivity contribution is 7.99. The Morgan fingerprint density at radius 3 is 2.60 bits per heavy atom. The average molecular weight is 230 g/mol. The van der Waals surface area contributed by atoms with Crippen LogP contribution >= 0.6 is 11.8 Å². The summed E-state index contributed by atoms with van der Waals surface area (Å²) in [7, 11) is 3.57. The van der Waals surface area contributed by atoms with E-state index in [0.717, 1.165) is 37.4 Å². The third-order valence-corrected chi connectivity index (χ3v) is 3.56. The molecule has 0 rings (SSSR count). The van der Waals surface area contributed by atoms with Crippen LogP contribution in [0.25, 0.3) is 0 Å². The largest absolute Gasteiger partial charge is 0.385 e. The number of methoxy groups -OCH3 is 1. The molecule has 0 spiro atoms. The molecule has 0 amide bonds. The van der Waals surface area contributed by atoms with Gasteiger partial charge in [-0.2, -0.15) is 17.0 Å². The van der Waals surface area contributed by atoms with Crippen LogP contribution in [0.1, 0.15) is 26.2 Å². The van der Waals surface area contributed by atoms with E-state index in [0.29, 0.717) is 0 Å². The first-order valence-electron chi connectivity index (χ1n) is 5.35. The molecule has 1 N–H and O–H groups in total. The Morgan fingerprint density at radius 2 is 2.07 bits per heavy atom. The maximum Gasteiger partial charge on any atom is 0.103 e. The summed E-state index contributed by atoms with van der Waals surface area (Å²) in [6, 6.07) is 2.30. The van der Waals surface area contributed by atoms with Crippen LogP contribution < -0.4 is 5.32 Å². The van der Waals surface area contributed by atoms with Gasteiger partial charge in [0.25, 0.3) is 0 Å². The van der Waals surface area contributed by atoms with Crippen molar-refractivity contribution in [1.29, 1.82) is 5.26 Å². The van der Waals surface area contributed by atoms with Gasteiger partial charge in [0.2, 0.25) is 0 Å². The van der Waals surface area contributed by atoms with Gasteiger partial charge in [-0.1, -0.05) is 0 Å². The molecular formula is C11H22N2OS. The monoisotopic (exact) mass is 230 g/mol. The SMILES string of the molecule is CNC(C)(C#N)CCCSCCCOC. The van der Waals surface area contributed by atoms with Crippen molar-refractivity contribution in [3.63, 3.8) is 0 Å². The third kappa shape index (κ3) is 7.66. The lowest BCUT2D eigenvalue weighted by Gasteiger charge is -2.20. The Kier molecular flexibility index (Phi) is 8.88. The molecule has 1 unspecified atom stereocenters. The summed E-state index contributed by atoms with van der Waals surface area (Å²) in [6.07, 6.45) is 3.11. The summed E-state index contributed by atoms with van der Waals surface area (Å²) < 4.78 is 4.97. The van der Waals surface area contributed by atoms with E-state index in [-0.39, 0.29) is 5.54 Å². The van der Waals surface area contributed by atoms with Crippen molar-refractivity contribution in [2.45, 2.75) is 31.7 Å². The second-order valence-electron chi connectivity index (χ2n) is 3.76. The zero-order valence-corrected chi connectivity index (χ0v) is 10.8. The van der Waals surface area contributed by atoms with Crippen molar-refractivity contribution in [2.24, 2.45) is 0 Å². The second kappa shape index (κ2) is 9.02. The molecule has 0 aromatic rings. The number of hydrogen-bond donors (Lipinski definition) is 1. The molecule has 1 atom stereocenters. The summed E-state index contributed by atoms with van der Waals surface area (Å²) in [5.41, 5.74) is -0.354. The smallest absolute Gasteiger partial charge is 0.103 e. The average Bonchev–Trinajstić information content (AvgIpc) is 2.27. The number of nitriles is 1. The van der Waals surface area contributed by atoms with Crippen LogP contribution in [0.5, 0.6) is 0 Å². The number of thioether (sulfide) groups is 1. The predicted molar refractivity (Wildman–Crippen MR) is 66.1 cm³/mol. The van der Waals surface area contributed by atoms with E-state index in [4.69, 9.17) is 10.00 Å². The Hall–Kier alpha value is -0.240. The van der Waals surface area contributed by atoms with Crippen LogP contribution in [0.3, 0.4) is 0 Å². The van der Waals surface area contributed by atoms with Gasteiger partial charge < -0.3 is 10.1 Å². The lowest BCUT2D eigenvalue weighted by atomic mass is 9.99. The van der Waals surface area contributed by atoms with E-state index >= 15 is 0 Å². The number of nitrogens with one attached hydrogen (secondary N) is 1. The molecule has 0 aliphatic heterocycles. The molecule has 4 heteroatoms. The highest BCUT2D eigenvalue weighted by Crippen LogP contribution is 2.14. The van der Waals surface area contributed by atoms with E-state index in [1.807, 2.05) is 25.7 Å². The normalized spacial score (nSPS) is 14.5. The summed E-state index contributed by atoms with van der Waals surface area (Å²) in [6.45, 7) is 2.79. The first-order valence-corrected chi connectivity index (χ1v) is 6.51. The fourth-order valence-electron chi connectivity index (χ4n) is 1.17. The molecule has 0 fully saturated rings. The minimum Gasteiger partial charge on any atom is -0.385 e. The summed E-state index contributed by atoms with van der Waals surface area (Å²) in [5, 5.41) is 12.0. The van der Waals surface area contributed by atoms with Crippen LogP contribution in [0.2, 0.25) is 0 Å². The molecule has 0 aromatic heterocycles. The maximum atomic E-state index is 8.92. The molecule has 0 aliphatic carbocycles. The van der Waals surface area contributed by atoms with Gasteiger partial charge in [0, 0.05) is 13.7 Å². The van der Waals surface area contributed by atoms with E-state index in [9.17, 15) is 0 Å². The maximum absolute atomic E-state index is 8.92. The predicted octanol–water partition coefficient (Wildman–Crippen LogP) is 2.04. The molecular weight excluding hydrogens is 208 g/mol. The van der Waals surface area contributed by atoms with Crippen LogP contribution in [0.15, 0.2) is 0 Å². The quantitative estimate of drug-likeness (QED) is 0.616. The number of nitrogens with zero attached hydrogens (tertiary/aromatic N) is 1. The van der Waals surface area contributed by atoms with Crippen LogP contribution in [0, 0.1) is 11.3 Å². The van der Waals surface area contributed by atoms with Gasteiger partial charge in [-0.25, -0.2) is 0 Å². The molecule has 15 heavy (non-hydrogen) atoms. The lowest BCUT2D eigenvalue weighted by molar-refractivity contribution is 0.200. The van der Waals surface area contributed by atoms with Crippen LogP contribution in [0.4, 0.5) is 0 Å². The topological polar surface area (TPSA) is 45.0 Å². The molecule has 0 saturated heterocycles. The molecule has 0 aliphatic rings. The second-order valence-corrected chi connectivity index (χ2v) is 4.98. The summed E-state index contributed by atoms with van der Waals surface area (Å²) >= 11 is 1.94. The van der Waals surface area contributed by atoms with Gasteiger partial charge in [0.1, 0.15) is 5.54 Å². The third-order valence-electron chi connectivity index (χ3n) is 2.40. The van der Waals surface area contributed by atoms with Crippen LogP contribution in [-0.4, -0.2) is 37.8 Å². The van der Waals surface area contributed by atoms with Crippen molar-refractivity contribution >= 4 is 11.8 Å². The molecule has 88 valence electrons. The molecule has 0 bridgehead atoms. The van der Waals surface area contributed by atoms with Crippen molar-refractivity contribution < 1.29 is 4.74 Å². The molecule has 0 heterocycles. The lowest BCUT2D eigenvalue weighted by Crippen LogP contribution is -2.37. The van der Waals surface area contributed by atoms with Gasteiger partial charge in [0.05, 0.1) is 6.07 Å². The number of hydrogen-bond acceptors (Lipinski definition) is 4. The Labute approximate surface area is 97.6 Å². The highest BCUT2D eigenvalue weighted by atomic mass is 32.2. The Morgan fingerprint density at radius 1 is 1.40 bits per heavy atom. The van der Waals surface area contributed by atoms with Crippen LogP contribution in [-0.2, 0) is 4.74 Å². The van der Waals surface area contributed by atoms with Gasteiger partial charge in [-0.15, -0.1) is 0 Å². The van der Waals surface area contributed by atoms with E-state index in [1.165, 1.54) is 0 Å². The summed E-state index contributed by atoms with van der Waals surface area (Å²) in [4.78, 5) is 0. The van der Waals surface area contributed by atoms with E-state index in [2.05, 4.69) is 11.4 Å². The summed E-state index contributed by atoms with van der Waals surface area (Å²) in [5.74, 6) is 2.28. The first kappa shape index (κ1) is 14.8. The minimum absolute atomic E-state index is 0.354. The van der Waals surface area contributed by atoms with E-state index in [1.54, 1.807) is 7.11 Å². The van der Waals surface area contributed by atoms with Gasteiger partial charge in [-0.3, -0.25) is 0 Å². The Balaban J connectivity index is 3.35. The molecule has 3 nitrogen and oxygen atoms in total. The molecule has 0 saturated carbocycles. The minimum atomic E-state index is -0.354. The fraction of sp³-hybridized carbons (Fsp3) is 0.909. The van der Waals surface area contributed by atoms with Crippen molar-refractivity contribution in [3.05, 3.63) is 0 Å². The number of rotatable bonds is 9. The molecule has 0 radical (unpaired) electrons. The van der Waals surface area contributed by atoms with Crippen molar-refractivity contribution in [2.75, 3.05) is 32.3 Å². The Bertz CT molecular complexity index is 194.